The largest absolute Gasteiger partial charge is 0.311 e. The van der Waals surface area contributed by atoms with E-state index in [2.05, 4.69) is 38.8 Å². The van der Waals surface area contributed by atoms with Gasteiger partial charge in [-0.25, -0.2) is 0 Å². The maximum absolute atomic E-state index is 12.9. The van der Waals surface area contributed by atoms with Crippen molar-refractivity contribution < 1.29 is 4.79 Å². The second-order valence-electron chi connectivity index (χ2n) is 7.07. The number of H-pyrrole nitrogens is 1. The van der Waals surface area contributed by atoms with Gasteiger partial charge < -0.3 is 4.90 Å². The van der Waals surface area contributed by atoms with Crippen molar-refractivity contribution in [3.05, 3.63) is 35.7 Å². The van der Waals surface area contributed by atoms with E-state index in [1.807, 2.05) is 24.8 Å². The Balaban J connectivity index is 1.60. The number of para-hydroxylation sites is 1. The lowest BCUT2D eigenvalue weighted by molar-refractivity contribution is -0.119. The molecule has 1 aliphatic carbocycles. The number of hydrogen-bond acceptors (Lipinski definition) is 4. The van der Waals surface area contributed by atoms with Crippen LogP contribution in [0.4, 0.5) is 5.69 Å². The number of carbonyl (C=O) groups is 1. The zero-order valence-corrected chi connectivity index (χ0v) is 12.8. The maximum atomic E-state index is 12.9. The van der Waals surface area contributed by atoms with Gasteiger partial charge in [0.05, 0.1) is 0 Å². The van der Waals surface area contributed by atoms with Crippen LogP contribution in [-0.2, 0) is 15.6 Å². The van der Waals surface area contributed by atoms with Crippen molar-refractivity contribution in [2.75, 3.05) is 11.4 Å². The minimum atomic E-state index is -0.432. The fraction of sp³-hybridized carbons (Fsp3) is 0.500. The second kappa shape index (κ2) is 4.38. The number of carbonyl (C=O) groups excluding carboxylic acids is 1. The number of hydrogen-bond donors (Lipinski definition) is 1. The lowest BCUT2D eigenvalue weighted by Crippen LogP contribution is -2.36. The molecule has 4 rings (SSSR count). The Labute approximate surface area is 128 Å². The van der Waals surface area contributed by atoms with Gasteiger partial charge in [-0.05, 0) is 24.5 Å². The van der Waals surface area contributed by atoms with Crippen molar-refractivity contribution in [1.29, 1.82) is 0 Å². The van der Waals surface area contributed by atoms with E-state index in [4.69, 9.17) is 0 Å². The molecular weight excluding hydrogens is 278 g/mol. The molecule has 2 heterocycles. The molecule has 0 saturated heterocycles. The Kier molecular flexibility index (Phi) is 2.67. The van der Waals surface area contributed by atoms with E-state index in [0.717, 1.165) is 12.2 Å². The zero-order chi connectivity index (χ0) is 15.4. The van der Waals surface area contributed by atoms with Crippen molar-refractivity contribution in [3.8, 4) is 0 Å². The molecule has 114 valence electrons. The third kappa shape index (κ3) is 1.94. The molecule has 6 nitrogen and oxygen atoms in total. The number of nitrogens with zero attached hydrogens (tertiary/aromatic N) is 4. The van der Waals surface area contributed by atoms with E-state index in [-0.39, 0.29) is 11.3 Å². The average Bonchev–Trinajstić information content (AvgIpc) is 2.94. The highest BCUT2D eigenvalue weighted by Crippen LogP contribution is 2.56. The number of tetrazole rings is 1. The van der Waals surface area contributed by atoms with E-state index in [0.29, 0.717) is 12.2 Å². The molecule has 0 bridgehead atoms. The third-order valence-electron chi connectivity index (χ3n) is 4.93. The van der Waals surface area contributed by atoms with Crippen LogP contribution in [0.5, 0.6) is 0 Å². The zero-order valence-electron chi connectivity index (χ0n) is 12.8. The summed E-state index contributed by atoms with van der Waals surface area (Å²) in [5.74, 6) is 0.709. The van der Waals surface area contributed by atoms with E-state index in [1.165, 1.54) is 18.4 Å². The SMILES string of the molecule is CC(C)(CC(=O)N1CC2(CC2)c2ccccc21)c1nn[nH]n1. The summed E-state index contributed by atoms with van der Waals surface area (Å²) in [6.45, 7) is 4.77. The summed E-state index contributed by atoms with van der Waals surface area (Å²) in [5.41, 5.74) is 2.20. The highest BCUT2D eigenvalue weighted by molar-refractivity contribution is 5.97. The summed E-state index contributed by atoms with van der Waals surface area (Å²) in [7, 11) is 0. The fourth-order valence-corrected chi connectivity index (χ4v) is 3.43. The summed E-state index contributed by atoms with van der Waals surface area (Å²) in [4.78, 5) is 14.8. The van der Waals surface area contributed by atoms with Crippen LogP contribution in [-0.4, -0.2) is 33.1 Å². The van der Waals surface area contributed by atoms with E-state index in [1.54, 1.807) is 0 Å². The van der Waals surface area contributed by atoms with Crippen LogP contribution in [0, 0.1) is 0 Å². The third-order valence-corrected chi connectivity index (χ3v) is 4.93. The molecule has 1 amide bonds. The first-order valence-electron chi connectivity index (χ1n) is 7.66. The fourth-order valence-electron chi connectivity index (χ4n) is 3.43. The van der Waals surface area contributed by atoms with Crippen LogP contribution in [0.1, 0.15) is 44.5 Å². The molecule has 1 saturated carbocycles. The summed E-state index contributed by atoms with van der Waals surface area (Å²) in [6.07, 6.45) is 2.74. The molecule has 1 aromatic heterocycles. The van der Waals surface area contributed by atoms with Gasteiger partial charge in [-0.15, -0.1) is 10.2 Å². The van der Waals surface area contributed by atoms with Gasteiger partial charge >= 0.3 is 0 Å². The van der Waals surface area contributed by atoms with Gasteiger partial charge in [0.2, 0.25) is 5.91 Å². The molecule has 1 N–H and O–H groups in total. The predicted octanol–water partition coefficient (Wildman–Crippen LogP) is 1.95. The predicted molar refractivity (Wildman–Crippen MR) is 81.5 cm³/mol. The molecule has 0 atom stereocenters. The highest BCUT2D eigenvalue weighted by atomic mass is 16.2. The van der Waals surface area contributed by atoms with Gasteiger partial charge in [0.15, 0.2) is 5.82 Å². The average molecular weight is 297 g/mol. The molecule has 6 heteroatoms. The molecule has 1 fully saturated rings. The number of fused-ring (bicyclic) bond motifs is 2. The lowest BCUT2D eigenvalue weighted by Gasteiger charge is -2.24. The Morgan fingerprint density at radius 3 is 2.82 bits per heavy atom. The van der Waals surface area contributed by atoms with Gasteiger partial charge in [0, 0.05) is 29.5 Å². The Bertz CT molecular complexity index is 718. The van der Waals surface area contributed by atoms with Crippen molar-refractivity contribution >= 4 is 11.6 Å². The van der Waals surface area contributed by atoms with Gasteiger partial charge in [0.25, 0.3) is 0 Å². The number of anilines is 1. The number of aromatic amines is 1. The molecule has 2 aromatic rings. The minimum Gasteiger partial charge on any atom is -0.311 e. The molecular formula is C16H19N5O. The minimum absolute atomic E-state index is 0.131. The summed E-state index contributed by atoms with van der Waals surface area (Å²) >= 11 is 0. The van der Waals surface area contributed by atoms with Gasteiger partial charge in [-0.2, -0.15) is 5.21 Å². The maximum Gasteiger partial charge on any atom is 0.228 e. The Morgan fingerprint density at radius 2 is 2.14 bits per heavy atom. The summed E-state index contributed by atoms with van der Waals surface area (Å²) < 4.78 is 0. The van der Waals surface area contributed by atoms with Crippen LogP contribution in [0.2, 0.25) is 0 Å². The Morgan fingerprint density at radius 1 is 1.36 bits per heavy atom. The normalized spacial score (nSPS) is 18.5. The molecule has 0 radical (unpaired) electrons. The van der Waals surface area contributed by atoms with Gasteiger partial charge in [-0.3, -0.25) is 4.79 Å². The smallest absolute Gasteiger partial charge is 0.228 e. The summed E-state index contributed by atoms with van der Waals surface area (Å²) in [6, 6.07) is 8.29. The molecule has 0 unspecified atom stereocenters. The number of aromatic nitrogens is 4. The van der Waals surface area contributed by atoms with Crippen LogP contribution in [0.25, 0.3) is 0 Å². The quantitative estimate of drug-likeness (QED) is 0.939. The Hall–Kier alpha value is -2.24. The van der Waals surface area contributed by atoms with Crippen molar-refractivity contribution in [2.24, 2.45) is 0 Å². The van der Waals surface area contributed by atoms with E-state index < -0.39 is 5.41 Å². The molecule has 22 heavy (non-hydrogen) atoms. The van der Waals surface area contributed by atoms with Crippen molar-refractivity contribution in [1.82, 2.24) is 20.6 Å². The number of nitrogens with one attached hydrogen (secondary N) is 1. The topological polar surface area (TPSA) is 74.8 Å². The van der Waals surface area contributed by atoms with Crippen LogP contribution < -0.4 is 4.90 Å². The number of benzene rings is 1. The van der Waals surface area contributed by atoms with Crippen molar-refractivity contribution in [3.63, 3.8) is 0 Å². The van der Waals surface area contributed by atoms with E-state index in [9.17, 15) is 4.79 Å². The highest BCUT2D eigenvalue weighted by Gasteiger charge is 2.53. The first-order valence-corrected chi connectivity index (χ1v) is 7.66. The van der Waals surface area contributed by atoms with Gasteiger partial charge in [-0.1, -0.05) is 37.3 Å². The molecule has 1 aliphatic heterocycles. The van der Waals surface area contributed by atoms with Gasteiger partial charge in [0.1, 0.15) is 0 Å². The molecule has 1 spiro atoms. The molecule has 2 aliphatic rings. The summed E-state index contributed by atoms with van der Waals surface area (Å²) in [5, 5.41) is 14.1. The standard InChI is InChI=1S/C16H19N5O/c1-15(2,14-17-19-20-18-14)9-13(22)21-10-16(7-8-16)11-5-3-4-6-12(11)21/h3-6H,7-10H2,1-2H3,(H,17,18,19,20). The monoisotopic (exact) mass is 297 g/mol. The van der Waals surface area contributed by atoms with Crippen LogP contribution >= 0.6 is 0 Å². The van der Waals surface area contributed by atoms with Crippen molar-refractivity contribution in [2.45, 2.75) is 43.9 Å². The molecule has 1 aromatic carbocycles. The van der Waals surface area contributed by atoms with Crippen LogP contribution in [0.3, 0.4) is 0 Å². The van der Waals surface area contributed by atoms with E-state index >= 15 is 0 Å². The number of rotatable bonds is 3. The first kappa shape index (κ1) is 13.4. The lowest BCUT2D eigenvalue weighted by atomic mass is 9.88. The first-order chi connectivity index (χ1) is 10.5. The second-order valence-corrected chi connectivity index (χ2v) is 7.07. The number of amides is 1. The van der Waals surface area contributed by atoms with Crippen LogP contribution in [0.15, 0.2) is 24.3 Å².